The average Bonchev–Trinajstić information content (AvgIpc) is 2.44. The molecule has 6 unspecified atom stereocenters. The Morgan fingerprint density at radius 1 is 0.773 bits per heavy atom. The molecule has 2 rings (SSSR count). The van der Waals surface area contributed by atoms with Crippen molar-refractivity contribution in [2.24, 2.45) is 0 Å². The molecule has 0 aromatic carbocycles. The van der Waals surface area contributed by atoms with E-state index < -0.39 is 56.9 Å². The Morgan fingerprint density at radius 3 is 1.45 bits per heavy atom. The maximum atomic E-state index is 10.4. The minimum Gasteiger partial charge on any atom is -0.391 e. The molecule has 6 atom stereocenters. The van der Waals surface area contributed by atoms with Crippen LogP contribution in [-0.2, 0) is 21.5 Å². The first-order chi connectivity index (χ1) is 9.84. The Labute approximate surface area is 132 Å². The van der Waals surface area contributed by atoms with Gasteiger partial charge in [-0.2, -0.15) is 0 Å². The highest BCUT2D eigenvalue weighted by Crippen LogP contribution is 2.35. The Kier molecular flexibility index (Phi) is 5.06. The van der Waals surface area contributed by atoms with Crippen LogP contribution in [0.25, 0.3) is 0 Å². The third-order valence-electron chi connectivity index (χ3n) is 3.41. The molecule has 2 bridgehead atoms. The van der Waals surface area contributed by atoms with E-state index in [0.29, 0.717) is 0 Å². The van der Waals surface area contributed by atoms with Gasteiger partial charge in [0.15, 0.2) is 0 Å². The smallest absolute Gasteiger partial charge is 0.391 e. The Hall–Kier alpha value is 0.291. The van der Waals surface area contributed by atoms with Gasteiger partial charge in [0.25, 0.3) is 0 Å². The molecule has 2 aliphatic rings. The molecule has 12 heteroatoms. The maximum Gasteiger partial charge on any atom is 0.488 e. The summed E-state index contributed by atoms with van der Waals surface area (Å²) in [6, 6.07) is 0. The van der Waals surface area contributed by atoms with Gasteiger partial charge in [-0.15, -0.1) is 0 Å². The first-order valence-corrected chi connectivity index (χ1v) is 13.8. The van der Waals surface area contributed by atoms with Crippen LogP contribution in [0.3, 0.4) is 0 Å². The summed E-state index contributed by atoms with van der Waals surface area (Å²) < 4.78 is 28.0. The van der Waals surface area contributed by atoms with Crippen molar-refractivity contribution in [2.75, 3.05) is 0 Å². The van der Waals surface area contributed by atoms with Gasteiger partial charge in [-0.1, -0.05) is 0 Å². The Balaban J connectivity index is 2.49. The third kappa shape index (κ3) is 4.03. The van der Waals surface area contributed by atoms with Crippen LogP contribution in [-0.4, -0.2) is 76.7 Å². The number of rotatable bonds is 2. The second-order valence-corrected chi connectivity index (χ2v) is 13.7. The van der Waals surface area contributed by atoms with Crippen LogP contribution in [0, 0.1) is 0 Å². The zero-order chi connectivity index (χ0) is 16.9. The van der Waals surface area contributed by atoms with E-state index in [1.165, 1.54) is 33.5 Å². The highest BCUT2D eigenvalue weighted by atomic mass is 28.5. The number of hydrogen-bond acceptors (Lipinski definition) is 9. The molecule has 0 aromatic heterocycles. The van der Waals surface area contributed by atoms with E-state index in [2.05, 4.69) is 0 Å². The van der Waals surface area contributed by atoms with Gasteiger partial charge in [0.1, 0.15) is 18.3 Å². The van der Waals surface area contributed by atoms with Crippen molar-refractivity contribution in [3.05, 3.63) is 0 Å². The highest BCUT2D eigenvalue weighted by Gasteiger charge is 2.62. The van der Waals surface area contributed by atoms with Crippen molar-refractivity contribution >= 4 is 26.4 Å². The fourth-order valence-corrected chi connectivity index (χ4v) is 12.0. The average molecular weight is 373 g/mol. The van der Waals surface area contributed by atoms with Crippen molar-refractivity contribution in [2.45, 2.75) is 64.0 Å². The van der Waals surface area contributed by atoms with Crippen LogP contribution in [0.5, 0.6) is 0 Å². The van der Waals surface area contributed by atoms with E-state index >= 15 is 0 Å². The minimum absolute atomic E-state index is 0.945. The number of aliphatic hydroxyl groups is 2. The summed E-state index contributed by atoms with van der Waals surface area (Å²) in [5.74, 6) is 0. The summed E-state index contributed by atoms with van der Waals surface area (Å²) in [6.45, 7) is 7.24. The first-order valence-electron chi connectivity index (χ1n) is 7.09. The summed E-state index contributed by atoms with van der Waals surface area (Å²) >= 11 is 0. The fraction of sp³-hybridized carbons (Fsp3) is 1.00. The predicted octanol–water partition coefficient (Wildman–Crippen LogP) is -1.35. The lowest BCUT2D eigenvalue weighted by Gasteiger charge is -2.36. The van der Waals surface area contributed by atoms with Gasteiger partial charge in [-0.05, 0) is 13.8 Å². The van der Waals surface area contributed by atoms with Crippen molar-refractivity contribution in [3.63, 3.8) is 0 Å². The van der Waals surface area contributed by atoms with Gasteiger partial charge in [0, 0.05) is 19.6 Å². The molecular formula is C10H24O9Si3. The predicted molar refractivity (Wildman–Crippen MR) is 79.4 cm³/mol. The summed E-state index contributed by atoms with van der Waals surface area (Å²) in [7, 11) is -10.8. The molecule has 0 spiro atoms. The zero-order valence-electron chi connectivity index (χ0n) is 13.2. The van der Waals surface area contributed by atoms with Crippen molar-refractivity contribution in [1.29, 1.82) is 0 Å². The van der Waals surface area contributed by atoms with E-state index in [9.17, 15) is 19.8 Å². The molecule has 2 aliphatic heterocycles. The number of hydrogen-bond donors (Lipinski definition) is 4. The van der Waals surface area contributed by atoms with Crippen LogP contribution in [0.4, 0.5) is 0 Å². The van der Waals surface area contributed by atoms with Crippen molar-refractivity contribution < 1.29 is 41.3 Å². The van der Waals surface area contributed by atoms with E-state index in [-0.39, 0.29) is 0 Å². The van der Waals surface area contributed by atoms with Crippen molar-refractivity contribution in [3.8, 4) is 0 Å². The summed E-state index contributed by atoms with van der Waals surface area (Å²) in [4.78, 5) is 20.7. The Morgan fingerprint density at radius 2 is 1.14 bits per heavy atom. The third-order valence-corrected chi connectivity index (χ3v) is 11.5. The second kappa shape index (κ2) is 5.98. The Bertz CT molecular complexity index is 384. The summed E-state index contributed by atoms with van der Waals surface area (Å²) in [5, 5.41) is 20.0. The van der Waals surface area contributed by atoms with E-state index in [4.69, 9.17) is 21.5 Å². The van der Waals surface area contributed by atoms with Gasteiger partial charge in [0.05, 0.1) is 12.2 Å². The molecule has 0 aromatic rings. The van der Waals surface area contributed by atoms with Crippen LogP contribution >= 0.6 is 0 Å². The van der Waals surface area contributed by atoms with Gasteiger partial charge in [0.2, 0.25) is 0 Å². The minimum atomic E-state index is -3.65. The van der Waals surface area contributed by atoms with Crippen LogP contribution in [0.15, 0.2) is 0 Å². The molecule has 0 radical (unpaired) electrons. The molecule has 0 amide bonds. The number of fused-ring (bicyclic) bond motifs is 2. The van der Waals surface area contributed by atoms with E-state index in [1.807, 2.05) is 0 Å². The molecule has 0 aliphatic carbocycles. The maximum absolute atomic E-state index is 10.4. The summed E-state index contributed by atoms with van der Waals surface area (Å²) in [5.41, 5.74) is 0. The normalized spacial score (nSPS) is 52.5. The first kappa shape index (κ1) is 18.6. The standard InChI is InChI=1S/C10H24O9Si3/c1-6(11)8-10-9(7(2)12)16-21(4,14)19-22(5,17-10)18-20(3,13)15-8/h6-14H,1-5H3. The molecule has 130 valence electrons. The lowest BCUT2D eigenvalue weighted by atomic mass is 10.0. The van der Waals surface area contributed by atoms with Crippen LogP contribution in [0.2, 0.25) is 19.6 Å². The van der Waals surface area contributed by atoms with Crippen LogP contribution < -0.4 is 0 Å². The topological polar surface area (TPSA) is 127 Å². The quantitative estimate of drug-likeness (QED) is 0.435. The lowest BCUT2D eigenvalue weighted by molar-refractivity contribution is -0.107. The highest BCUT2D eigenvalue weighted by molar-refractivity contribution is 6.79. The zero-order valence-corrected chi connectivity index (χ0v) is 16.2. The molecule has 22 heavy (non-hydrogen) atoms. The molecule has 9 nitrogen and oxygen atoms in total. The summed E-state index contributed by atoms with van der Waals surface area (Å²) in [6.07, 6.45) is -4.94. The second-order valence-electron chi connectivity index (χ2n) is 6.09. The van der Waals surface area contributed by atoms with Gasteiger partial charge in [-0.3, -0.25) is 0 Å². The van der Waals surface area contributed by atoms with Gasteiger partial charge in [-0.25, -0.2) is 0 Å². The fourth-order valence-electron chi connectivity index (χ4n) is 2.76. The van der Waals surface area contributed by atoms with Gasteiger partial charge >= 0.3 is 26.4 Å². The largest absolute Gasteiger partial charge is 0.488 e. The van der Waals surface area contributed by atoms with E-state index in [1.54, 1.807) is 0 Å². The number of aliphatic hydroxyl groups excluding tert-OH is 2. The monoisotopic (exact) mass is 372 g/mol. The van der Waals surface area contributed by atoms with Crippen molar-refractivity contribution in [1.82, 2.24) is 0 Å². The van der Waals surface area contributed by atoms with Gasteiger partial charge < -0.3 is 41.3 Å². The molecule has 0 saturated carbocycles. The molecule has 2 fully saturated rings. The molecule has 2 heterocycles. The molecular weight excluding hydrogens is 348 g/mol. The molecule has 2 saturated heterocycles. The van der Waals surface area contributed by atoms with E-state index in [0.717, 1.165) is 0 Å². The lowest BCUT2D eigenvalue weighted by Crippen LogP contribution is -2.58. The molecule has 4 N–H and O–H groups in total. The SMILES string of the molecule is CC(O)C1O[Si](C)(O)O[Si]2(C)OC1C(C(C)O)O[Si](C)(O)O2. The van der Waals surface area contributed by atoms with Crippen LogP contribution in [0.1, 0.15) is 13.8 Å².